The predicted molar refractivity (Wildman–Crippen MR) is 71.8 cm³/mol. The molecule has 0 aliphatic carbocycles. The number of nitrogens with zero attached hydrogens (tertiary/aromatic N) is 1. The summed E-state index contributed by atoms with van der Waals surface area (Å²) in [6.07, 6.45) is 2.47. The van der Waals surface area contributed by atoms with Crippen molar-refractivity contribution in [2.24, 2.45) is 5.73 Å². The van der Waals surface area contributed by atoms with Crippen molar-refractivity contribution in [3.05, 3.63) is 23.3 Å². The maximum absolute atomic E-state index is 11.3. The number of anilines is 1. The van der Waals surface area contributed by atoms with E-state index < -0.39 is 11.5 Å². The quantitative estimate of drug-likeness (QED) is 0.782. The Bertz CT molecular complexity index is 544. The fourth-order valence-electron chi connectivity index (χ4n) is 2.98. The molecule has 0 radical (unpaired) electrons. The van der Waals surface area contributed by atoms with E-state index in [1.807, 2.05) is 13.1 Å². The van der Waals surface area contributed by atoms with Crippen molar-refractivity contribution in [3.8, 4) is 5.75 Å². The number of nitrogens with two attached hydrogens (primary N) is 1. The van der Waals surface area contributed by atoms with Crippen molar-refractivity contribution in [2.45, 2.75) is 24.8 Å². The predicted octanol–water partition coefficient (Wildman–Crippen LogP) is 0.786. The van der Waals surface area contributed by atoms with Gasteiger partial charge < -0.3 is 20.5 Å². The number of aliphatic carboxylic acids is 1. The average molecular weight is 262 g/mol. The van der Waals surface area contributed by atoms with Gasteiger partial charge in [-0.1, -0.05) is 6.07 Å². The molecule has 2 aliphatic heterocycles. The Hall–Kier alpha value is -1.75. The van der Waals surface area contributed by atoms with Crippen LogP contribution < -0.4 is 15.4 Å². The van der Waals surface area contributed by atoms with Crippen LogP contribution in [0.3, 0.4) is 0 Å². The molecule has 0 aromatic heterocycles. The Labute approximate surface area is 112 Å². The van der Waals surface area contributed by atoms with Crippen LogP contribution in [0.2, 0.25) is 0 Å². The van der Waals surface area contributed by atoms with E-state index in [1.54, 1.807) is 0 Å². The summed E-state index contributed by atoms with van der Waals surface area (Å²) in [7, 11) is 2.03. The molecule has 1 aromatic rings. The lowest BCUT2D eigenvalue weighted by Crippen LogP contribution is -2.56. The molecular weight excluding hydrogens is 244 g/mol. The molecule has 1 aromatic carbocycles. The third-order valence-electron chi connectivity index (χ3n) is 4.05. The summed E-state index contributed by atoms with van der Waals surface area (Å²) in [6, 6.07) is 4.02. The third kappa shape index (κ3) is 1.85. The highest BCUT2D eigenvalue weighted by molar-refractivity contribution is 5.81. The van der Waals surface area contributed by atoms with Crippen molar-refractivity contribution in [1.29, 1.82) is 0 Å². The molecule has 0 spiro atoms. The Balaban J connectivity index is 2.10. The van der Waals surface area contributed by atoms with Crippen LogP contribution in [0, 0.1) is 0 Å². The number of benzene rings is 1. The van der Waals surface area contributed by atoms with Gasteiger partial charge >= 0.3 is 5.97 Å². The molecule has 3 rings (SSSR count). The lowest BCUT2D eigenvalue weighted by Gasteiger charge is -2.37. The van der Waals surface area contributed by atoms with Gasteiger partial charge in [-0.25, -0.2) is 0 Å². The van der Waals surface area contributed by atoms with E-state index in [0.717, 1.165) is 36.4 Å². The standard InChI is InChI=1S/C14H18N2O3/c1-16-6-2-3-9-4-5-11-10(12(9)16)7-14(15,8-19-11)13(17)18/h4-5H,2-3,6-8,15H2,1H3,(H,17,18). The second kappa shape index (κ2) is 4.13. The van der Waals surface area contributed by atoms with Crippen LogP contribution in [-0.2, 0) is 17.6 Å². The van der Waals surface area contributed by atoms with Crippen molar-refractivity contribution in [1.82, 2.24) is 0 Å². The summed E-state index contributed by atoms with van der Waals surface area (Å²) >= 11 is 0. The molecule has 5 nitrogen and oxygen atoms in total. The number of hydrogen-bond acceptors (Lipinski definition) is 4. The summed E-state index contributed by atoms with van der Waals surface area (Å²) < 4.78 is 5.58. The lowest BCUT2D eigenvalue weighted by molar-refractivity contribution is -0.145. The van der Waals surface area contributed by atoms with Gasteiger partial charge in [-0.05, 0) is 24.5 Å². The molecule has 102 valence electrons. The molecule has 0 saturated carbocycles. The zero-order valence-electron chi connectivity index (χ0n) is 11.0. The average Bonchev–Trinajstić information content (AvgIpc) is 2.38. The smallest absolute Gasteiger partial charge is 0.327 e. The van der Waals surface area contributed by atoms with Gasteiger partial charge in [0, 0.05) is 31.3 Å². The molecule has 0 saturated heterocycles. The monoisotopic (exact) mass is 262 g/mol. The first-order valence-electron chi connectivity index (χ1n) is 6.52. The van der Waals surface area contributed by atoms with E-state index in [9.17, 15) is 9.90 Å². The van der Waals surface area contributed by atoms with Gasteiger partial charge in [0.25, 0.3) is 0 Å². The number of carboxylic acid groups (broad SMARTS) is 1. The molecule has 1 unspecified atom stereocenters. The first-order valence-corrected chi connectivity index (χ1v) is 6.52. The largest absolute Gasteiger partial charge is 0.491 e. The van der Waals surface area contributed by atoms with Gasteiger partial charge in [-0.3, -0.25) is 4.79 Å². The highest BCUT2D eigenvalue weighted by Gasteiger charge is 2.41. The zero-order chi connectivity index (χ0) is 13.6. The van der Waals surface area contributed by atoms with E-state index >= 15 is 0 Å². The van der Waals surface area contributed by atoms with Crippen LogP contribution in [0.5, 0.6) is 5.75 Å². The minimum atomic E-state index is -1.32. The summed E-state index contributed by atoms with van der Waals surface area (Å²) in [5.74, 6) is -0.232. The Morgan fingerprint density at radius 1 is 1.53 bits per heavy atom. The fraction of sp³-hybridized carbons (Fsp3) is 0.500. The van der Waals surface area contributed by atoms with Crippen LogP contribution in [0.4, 0.5) is 5.69 Å². The van der Waals surface area contributed by atoms with E-state index in [-0.39, 0.29) is 6.61 Å². The van der Waals surface area contributed by atoms with Crippen LogP contribution in [0.15, 0.2) is 12.1 Å². The number of aryl methyl sites for hydroxylation is 1. The molecule has 0 amide bonds. The minimum Gasteiger partial charge on any atom is -0.491 e. The highest BCUT2D eigenvalue weighted by Crippen LogP contribution is 2.40. The Kier molecular flexibility index (Phi) is 2.67. The number of rotatable bonds is 1. The summed E-state index contributed by atoms with van der Waals surface area (Å²) in [5, 5.41) is 9.27. The number of hydrogen-bond donors (Lipinski definition) is 2. The Morgan fingerprint density at radius 3 is 3.05 bits per heavy atom. The van der Waals surface area contributed by atoms with Crippen molar-refractivity contribution < 1.29 is 14.6 Å². The van der Waals surface area contributed by atoms with E-state index in [4.69, 9.17) is 10.5 Å². The molecule has 3 N–H and O–H groups in total. The summed E-state index contributed by atoms with van der Waals surface area (Å²) in [6.45, 7) is 1.01. The highest BCUT2D eigenvalue weighted by atomic mass is 16.5. The maximum Gasteiger partial charge on any atom is 0.327 e. The molecule has 0 bridgehead atoms. The summed E-state index contributed by atoms with van der Waals surface area (Å²) in [4.78, 5) is 13.5. The number of carboxylic acids is 1. The SMILES string of the molecule is CN1CCCc2ccc3c(c21)CC(N)(C(=O)O)CO3. The fourth-order valence-corrected chi connectivity index (χ4v) is 2.98. The van der Waals surface area contributed by atoms with Crippen molar-refractivity contribution >= 4 is 11.7 Å². The molecule has 2 aliphatic rings. The van der Waals surface area contributed by atoms with Gasteiger partial charge in [0.1, 0.15) is 12.4 Å². The van der Waals surface area contributed by atoms with Crippen LogP contribution in [0.1, 0.15) is 17.5 Å². The Morgan fingerprint density at radius 2 is 2.32 bits per heavy atom. The first kappa shape index (κ1) is 12.3. The van der Waals surface area contributed by atoms with Gasteiger partial charge in [-0.15, -0.1) is 0 Å². The molecule has 0 fully saturated rings. The molecule has 19 heavy (non-hydrogen) atoms. The van der Waals surface area contributed by atoms with Gasteiger partial charge in [0.05, 0.1) is 0 Å². The van der Waals surface area contributed by atoms with Gasteiger partial charge in [-0.2, -0.15) is 0 Å². The van der Waals surface area contributed by atoms with Crippen LogP contribution in [-0.4, -0.2) is 36.8 Å². The summed E-state index contributed by atoms with van der Waals surface area (Å²) in [5.41, 5.74) is 7.94. The molecule has 2 heterocycles. The van der Waals surface area contributed by atoms with Crippen LogP contribution in [0.25, 0.3) is 0 Å². The zero-order valence-corrected chi connectivity index (χ0v) is 11.0. The van der Waals surface area contributed by atoms with Gasteiger partial charge in [0.2, 0.25) is 0 Å². The van der Waals surface area contributed by atoms with E-state index in [1.165, 1.54) is 5.56 Å². The van der Waals surface area contributed by atoms with Gasteiger partial charge in [0.15, 0.2) is 5.54 Å². The molecule has 5 heteroatoms. The number of carbonyl (C=O) groups is 1. The number of ether oxygens (including phenoxy) is 1. The topological polar surface area (TPSA) is 75.8 Å². The second-order valence-electron chi connectivity index (χ2n) is 5.50. The number of fused-ring (bicyclic) bond motifs is 3. The second-order valence-corrected chi connectivity index (χ2v) is 5.50. The molecule has 1 atom stereocenters. The maximum atomic E-state index is 11.3. The lowest BCUT2D eigenvalue weighted by atomic mass is 9.86. The van der Waals surface area contributed by atoms with E-state index in [2.05, 4.69) is 11.0 Å². The third-order valence-corrected chi connectivity index (χ3v) is 4.05. The van der Waals surface area contributed by atoms with E-state index in [0.29, 0.717) is 6.42 Å². The molecular formula is C14H18N2O3. The van der Waals surface area contributed by atoms with Crippen molar-refractivity contribution in [3.63, 3.8) is 0 Å². The minimum absolute atomic E-state index is 0.0256. The normalized spacial score (nSPS) is 25.3. The first-order chi connectivity index (χ1) is 9.01. The van der Waals surface area contributed by atoms with Crippen LogP contribution >= 0.6 is 0 Å². The van der Waals surface area contributed by atoms with Crippen molar-refractivity contribution in [2.75, 3.05) is 25.1 Å².